The predicted octanol–water partition coefficient (Wildman–Crippen LogP) is 2.87. The molecule has 0 bridgehead atoms. The third-order valence-corrected chi connectivity index (χ3v) is 3.45. The van der Waals surface area contributed by atoms with Crippen LogP contribution in [0.2, 0.25) is 5.02 Å². The van der Waals surface area contributed by atoms with Crippen LogP contribution in [0.25, 0.3) is 0 Å². The summed E-state index contributed by atoms with van der Waals surface area (Å²) in [5, 5.41) is 8.48. The summed E-state index contributed by atoms with van der Waals surface area (Å²) in [5.74, 6) is 1.13. The van der Waals surface area contributed by atoms with E-state index in [0.29, 0.717) is 6.04 Å². The van der Waals surface area contributed by atoms with E-state index in [-0.39, 0.29) is 0 Å². The Hall–Kier alpha value is -0.190. The van der Waals surface area contributed by atoms with Gasteiger partial charge in [-0.25, -0.2) is 0 Å². The number of rotatable bonds is 7. The molecular weight excluding hydrogens is 242 g/mol. The van der Waals surface area contributed by atoms with Crippen molar-refractivity contribution < 1.29 is 0 Å². The molecule has 1 unspecified atom stereocenters. The molecule has 1 heterocycles. The highest BCUT2D eigenvalue weighted by molar-refractivity contribution is 7.98. The molecule has 0 radical (unpaired) electrons. The Labute approximate surface area is 107 Å². The molecule has 1 N–H and O–H groups in total. The minimum absolute atomic E-state index is 0.312. The van der Waals surface area contributed by atoms with E-state index >= 15 is 0 Å². The Kier molecular flexibility index (Phi) is 6.24. The summed E-state index contributed by atoms with van der Waals surface area (Å²) in [4.78, 5) is 0. The van der Waals surface area contributed by atoms with Crippen molar-refractivity contribution in [3.63, 3.8) is 0 Å². The van der Waals surface area contributed by atoms with Gasteiger partial charge in [-0.15, -0.1) is 0 Å². The summed E-state index contributed by atoms with van der Waals surface area (Å²) in [6, 6.07) is 0.312. The number of aryl methyl sites for hydroxylation is 1. The topological polar surface area (TPSA) is 29.9 Å². The molecule has 0 aromatic carbocycles. The lowest BCUT2D eigenvalue weighted by Gasteiger charge is -2.19. The first kappa shape index (κ1) is 13.9. The normalized spacial score (nSPS) is 13.0. The maximum absolute atomic E-state index is 6.17. The van der Waals surface area contributed by atoms with Gasteiger partial charge in [-0.1, -0.05) is 18.5 Å². The molecule has 0 fully saturated rings. The molecule has 1 aromatic rings. The number of hydrogen-bond donors (Lipinski definition) is 1. The van der Waals surface area contributed by atoms with Crippen LogP contribution in [0.3, 0.4) is 0 Å². The Balaban J connectivity index is 2.74. The highest BCUT2D eigenvalue weighted by Crippen LogP contribution is 2.25. The second kappa shape index (κ2) is 7.20. The maximum Gasteiger partial charge on any atom is 0.0834 e. The first-order valence-electron chi connectivity index (χ1n) is 5.60. The fraction of sp³-hybridized carbons (Fsp3) is 0.727. The first-order valence-corrected chi connectivity index (χ1v) is 7.37. The van der Waals surface area contributed by atoms with Gasteiger partial charge in [0.2, 0.25) is 0 Å². The van der Waals surface area contributed by atoms with Crippen LogP contribution < -0.4 is 5.32 Å². The largest absolute Gasteiger partial charge is 0.309 e. The monoisotopic (exact) mass is 261 g/mol. The smallest absolute Gasteiger partial charge is 0.0834 e. The van der Waals surface area contributed by atoms with Gasteiger partial charge in [-0.05, 0) is 31.4 Å². The number of thioether (sulfide) groups is 1. The van der Waals surface area contributed by atoms with E-state index in [1.165, 1.54) is 0 Å². The van der Waals surface area contributed by atoms with Crippen LogP contribution in [0.1, 0.15) is 31.5 Å². The van der Waals surface area contributed by atoms with Crippen LogP contribution in [0, 0.1) is 0 Å². The van der Waals surface area contributed by atoms with Crippen LogP contribution in [-0.4, -0.2) is 28.3 Å². The maximum atomic E-state index is 6.17. The van der Waals surface area contributed by atoms with Gasteiger partial charge in [0.1, 0.15) is 0 Å². The molecule has 1 rings (SSSR count). The summed E-state index contributed by atoms with van der Waals surface area (Å²) < 4.78 is 1.87. The van der Waals surface area contributed by atoms with Crippen molar-refractivity contribution in [2.45, 2.75) is 25.8 Å². The average molecular weight is 262 g/mol. The zero-order valence-electron chi connectivity index (χ0n) is 10.2. The minimum atomic E-state index is 0.312. The molecule has 0 saturated heterocycles. The standard InChI is InChI=1S/C11H20ClN3S/c1-4-6-13-10(5-7-16-3)11-9(12)8-14-15(11)2/h8,10,13H,4-7H2,1-3H3. The van der Waals surface area contributed by atoms with Gasteiger partial charge >= 0.3 is 0 Å². The van der Waals surface area contributed by atoms with Crippen molar-refractivity contribution in [2.24, 2.45) is 7.05 Å². The van der Waals surface area contributed by atoms with Crippen molar-refractivity contribution in [3.8, 4) is 0 Å². The Morgan fingerprint density at radius 2 is 2.38 bits per heavy atom. The first-order chi connectivity index (χ1) is 7.70. The molecular formula is C11H20ClN3S. The molecule has 16 heavy (non-hydrogen) atoms. The van der Waals surface area contributed by atoms with Crippen LogP contribution >= 0.6 is 23.4 Å². The van der Waals surface area contributed by atoms with Crippen LogP contribution in [0.4, 0.5) is 0 Å². The third-order valence-electron chi connectivity index (χ3n) is 2.52. The van der Waals surface area contributed by atoms with E-state index < -0.39 is 0 Å². The van der Waals surface area contributed by atoms with Gasteiger partial charge in [0, 0.05) is 7.05 Å². The zero-order valence-corrected chi connectivity index (χ0v) is 11.7. The lowest BCUT2D eigenvalue weighted by atomic mass is 10.1. The lowest BCUT2D eigenvalue weighted by molar-refractivity contribution is 0.487. The van der Waals surface area contributed by atoms with Gasteiger partial charge in [-0.2, -0.15) is 16.9 Å². The van der Waals surface area contributed by atoms with Crippen molar-refractivity contribution in [1.29, 1.82) is 0 Å². The van der Waals surface area contributed by atoms with Gasteiger partial charge in [0.25, 0.3) is 0 Å². The Bertz CT molecular complexity index is 287. The molecule has 0 spiro atoms. The third kappa shape index (κ3) is 3.68. The van der Waals surface area contributed by atoms with E-state index in [9.17, 15) is 0 Å². The molecule has 5 heteroatoms. The summed E-state index contributed by atoms with van der Waals surface area (Å²) in [5.41, 5.74) is 1.10. The number of halogens is 1. The molecule has 0 aliphatic rings. The van der Waals surface area contributed by atoms with Crippen molar-refractivity contribution in [2.75, 3.05) is 18.6 Å². The Morgan fingerprint density at radius 3 is 2.88 bits per heavy atom. The van der Waals surface area contributed by atoms with E-state index in [0.717, 1.165) is 35.9 Å². The van der Waals surface area contributed by atoms with E-state index in [2.05, 4.69) is 23.6 Å². The van der Waals surface area contributed by atoms with Crippen molar-refractivity contribution in [1.82, 2.24) is 15.1 Å². The number of hydrogen-bond acceptors (Lipinski definition) is 3. The second-order valence-corrected chi connectivity index (χ2v) is 5.18. The molecule has 0 aliphatic heterocycles. The van der Waals surface area contributed by atoms with E-state index in [4.69, 9.17) is 11.6 Å². The predicted molar refractivity (Wildman–Crippen MR) is 72.3 cm³/mol. The average Bonchev–Trinajstić information content (AvgIpc) is 2.60. The van der Waals surface area contributed by atoms with Crippen molar-refractivity contribution in [3.05, 3.63) is 16.9 Å². The number of nitrogens with zero attached hydrogens (tertiary/aromatic N) is 2. The van der Waals surface area contributed by atoms with Crippen LogP contribution in [0.15, 0.2) is 6.20 Å². The van der Waals surface area contributed by atoms with Gasteiger partial charge in [0.15, 0.2) is 0 Å². The van der Waals surface area contributed by atoms with Crippen LogP contribution in [0.5, 0.6) is 0 Å². The highest BCUT2D eigenvalue weighted by Gasteiger charge is 2.17. The molecule has 0 aliphatic carbocycles. The van der Waals surface area contributed by atoms with Gasteiger partial charge in [0.05, 0.1) is 23.0 Å². The van der Waals surface area contributed by atoms with Gasteiger partial charge < -0.3 is 5.32 Å². The van der Waals surface area contributed by atoms with E-state index in [1.807, 2.05) is 23.5 Å². The SMILES string of the molecule is CCCNC(CCSC)c1c(Cl)cnn1C. The van der Waals surface area contributed by atoms with Gasteiger partial charge in [-0.3, -0.25) is 4.68 Å². The summed E-state index contributed by atoms with van der Waals surface area (Å²) in [6.07, 6.45) is 6.06. The fourth-order valence-electron chi connectivity index (χ4n) is 1.70. The fourth-order valence-corrected chi connectivity index (χ4v) is 2.47. The summed E-state index contributed by atoms with van der Waals surface area (Å²) >= 11 is 8.03. The Morgan fingerprint density at radius 1 is 1.62 bits per heavy atom. The molecule has 0 amide bonds. The molecule has 1 atom stereocenters. The zero-order chi connectivity index (χ0) is 12.0. The van der Waals surface area contributed by atoms with E-state index in [1.54, 1.807) is 6.20 Å². The minimum Gasteiger partial charge on any atom is -0.309 e. The molecule has 0 saturated carbocycles. The molecule has 92 valence electrons. The summed E-state index contributed by atoms with van der Waals surface area (Å²) in [6.45, 7) is 3.18. The van der Waals surface area contributed by atoms with Crippen LogP contribution in [-0.2, 0) is 7.05 Å². The molecule has 1 aromatic heterocycles. The quantitative estimate of drug-likeness (QED) is 0.819. The molecule has 3 nitrogen and oxygen atoms in total. The number of aromatic nitrogens is 2. The second-order valence-electron chi connectivity index (χ2n) is 3.79. The van der Waals surface area contributed by atoms with Crippen molar-refractivity contribution >= 4 is 23.4 Å². The lowest BCUT2D eigenvalue weighted by Crippen LogP contribution is -2.25. The summed E-state index contributed by atoms with van der Waals surface area (Å²) in [7, 11) is 1.95. The number of nitrogens with one attached hydrogen (secondary N) is 1. The highest BCUT2D eigenvalue weighted by atomic mass is 35.5.